The summed E-state index contributed by atoms with van der Waals surface area (Å²) in [6, 6.07) is 0. The Bertz CT molecular complexity index is 231. The van der Waals surface area contributed by atoms with Crippen LogP contribution in [-0.2, 0) is 4.74 Å². The predicted molar refractivity (Wildman–Crippen MR) is 83.5 cm³/mol. The Labute approximate surface area is 120 Å². The van der Waals surface area contributed by atoms with Gasteiger partial charge in [0.15, 0.2) is 0 Å². The molecule has 1 rings (SSSR count). The molecule has 0 aromatic carbocycles. The van der Waals surface area contributed by atoms with E-state index in [9.17, 15) is 0 Å². The predicted octanol–water partition coefficient (Wildman–Crippen LogP) is 4.39. The number of ether oxygens (including phenoxy) is 1. The van der Waals surface area contributed by atoms with E-state index in [4.69, 9.17) is 4.74 Å². The molecule has 2 heteroatoms. The van der Waals surface area contributed by atoms with Gasteiger partial charge in [0.05, 0.1) is 11.7 Å². The van der Waals surface area contributed by atoms with Crippen molar-refractivity contribution >= 4 is 0 Å². The topological polar surface area (TPSA) is 21.3 Å². The van der Waals surface area contributed by atoms with Gasteiger partial charge in [-0.15, -0.1) is 0 Å². The molecule has 114 valence electrons. The van der Waals surface area contributed by atoms with Gasteiger partial charge in [-0.1, -0.05) is 40.5 Å². The molecule has 0 heterocycles. The van der Waals surface area contributed by atoms with Crippen LogP contribution < -0.4 is 5.32 Å². The molecule has 1 saturated carbocycles. The molecule has 0 radical (unpaired) electrons. The highest BCUT2D eigenvalue weighted by molar-refractivity contribution is 4.90. The van der Waals surface area contributed by atoms with Crippen LogP contribution in [0, 0.1) is 11.8 Å². The quantitative estimate of drug-likeness (QED) is 0.706. The lowest BCUT2D eigenvalue weighted by atomic mass is 9.76. The number of rotatable bonds is 8. The number of hydrogen-bond acceptors (Lipinski definition) is 2. The van der Waals surface area contributed by atoms with Crippen LogP contribution in [0.4, 0.5) is 0 Å². The average molecular weight is 269 g/mol. The maximum absolute atomic E-state index is 6.51. The fourth-order valence-corrected chi connectivity index (χ4v) is 3.12. The highest BCUT2D eigenvalue weighted by atomic mass is 16.5. The molecule has 0 spiro atoms. The zero-order valence-corrected chi connectivity index (χ0v) is 13.8. The lowest BCUT2D eigenvalue weighted by Crippen LogP contribution is -2.48. The number of hydrogen-bond donors (Lipinski definition) is 1. The molecule has 1 N–H and O–H groups in total. The third-order valence-corrected chi connectivity index (χ3v) is 4.79. The zero-order valence-electron chi connectivity index (χ0n) is 13.8. The normalized spacial score (nSPS) is 29.7. The standard InChI is InChI=1S/C17H35NO/c1-6-8-16-9-11-17(12-10-16,13-18-7-2)19-15(5)14(3)4/h14-16,18H,6-13H2,1-5H3. The molecule has 19 heavy (non-hydrogen) atoms. The first kappa shape index (κ1) is 17.0. The molecule has 1 aliphatic rings. The van der Waals surface area contributed by atoms with E-state index in [1.54, 1.807) is 0 Å². The molecule has 0 aromatic rings. The molecule has 1 aliphatic carbocycles. The van der Waals surface area contributed by atoms with Gasteiger partial charge in [-0.25, -0.2) is 0 Å². The Morgan fingerprint density at radius 3 is 2.26 bits per heavy atom. The summed E-state index contributed by atoms with van der Waals surface area (Å²) < 4.78 is 6.51. The van der Waals surface area contributed by atoms with Crippen LogP contribution in [0.1, 0.15) is 73.1 Å². The summed E-state index contributed by atoms with van der Waals surface area (Å²) in [5.74, 6) is 1.55. The Balaban J connectivity index is 2.57. The van der Waals surface area contributed by atoms with Crippen LogP contribution in [0.25, 0.3) is 0 Å². The second-order valence-electron chi connectivity index (χ2n) is 6.76. The highest BCUT2D eigenvalue weighted by Crippen LogP contribution is 2.38. The second-order valence-corrected chi connectivity index (χ2v) is 6.76. The minimum atomic E-state index is 0.101. The van der Waals surface area contributed by atoms with E-state index in [1.165, 1.54) is 38.5 Å². The van der Waals surface area contributed by atoms with Crippen LogP contribution in [0.2, 0.25) is 0 Å². The fourth-order valence-electron chi connectivity index (χ4n) is 3.12. The maximum atomic E-state index is 6.51. The Kier molecular flexibility index (Phi) is 7.38. The van der Waals surface area contributed by atoms with Crippen molar-refractivity contribution in [2.24, 2.45) is 11.8 Å². The molecular weight excluding hydrogens is 234 g/mol. The zero-order chi connectivity index (χ0) is 14.3. The van der Waals surface area contributed by atoms with Crippen molar-refractivity contribution in [2.75, 3.05) is 13.1 Å². The lowest BCUT2D eigenvalue weighted by molar-refractivity contribution is -0.125. The molecule has 0 aromatic heterocycles. The van der Waals surface area contributed by atoms with Gasteiger partial charge in [-0.3, -0.25) is 0 Å². The first-order chi connectivity index (χ1) is 9.03. The van der Waals surface area contributed by atoms with Gasteiger partial charge in [0, 0.05) is 6.54 Å². The summed E-state index contributed by atoms with van der Waals surface area (Å²) in [4.78, 5) is 0. The minimum absolute atomic E-state index is 0.101. The van der Waals surface area contributed by atoms with Crippen LogP contribution in [0.3, 0.4) is 0 Å². The molecule has 1 atom stereocenters. The fraction of sp³-hybridized carbons (Fsp3) is 1.00. The third-order valence-electron chi connectivity index (χ3n) is 4.79. The maximum Gasteiger partial charge on any atom is 0.0810 e. The summed E-state index contributed by atoms with van der Waals surface area (Å²) in [6.07, 6.45) is 8.27. The Morgan fingerprint density at radius 2 is 1.79 bits per heavy atom. The van der Waals surface area contributed by atoms with Crippen molar-refractivity contribution in [1.29, 1.82) is 0 Å². The summed E-state index contributed by atoms with van der Waals surface area (Å²) in [5, 5.41) is 3.52. The first-order valence-electron chi connectivity index (χ1n) is 8.41. The van der Waals surface area contributed by atoms with E-state index >= 15 is 0 Å². The molecule has 2 nitrogen and oxygen atoms in total. The monoisotopic (exact) mass is 269 g/mol. The molecule has 1 fully saturated rings. The van der Waals surface area contributed by atoms with Gasteiger partial charge in [-0.05, 0) is 51.0 Å². The van der Waals surface area contributed by atoms with Gasteiger partial charge in [-0.2, -0.15) is 0 Å². The highest BCUT2D eigenvalue weighted by Gasteiger charge is 2.37. The van der Waals surface area contributed by atoms with Crippen molar-refractivity contribution in [3.63, 3.8) is 0 Å². The van der Waals surface area contributed by atoms with Gasteiger partial charge < -0.3 is 10.1 Å². The SMILES string of the molecule is CCCC1CCC(CNCC)(OC(C)C(C)C)CC1. The molecule has 1 unspecified atom stereocenters. The van der Waals surface area contributed by atoms with E-state index in [0.29, 0.717) is 12.0 Å². The van der Waals surface area contributed by atoms with E-state index in [2.05, 4.69) is 39.9 Å². The first-order valence-corrected chi connectivity index (χ1v) is 8.41. The van der Waals surface area contributed by atoms with E-state index in [1.807, 2.05) is 0 Å². The van der Waals surface area contributed by atoms with Gasteiger partial charge in [0.2, 0.25) is 0 Å². The second kappa shape index (κ2) is 8.26. The smallest absolute Gasteiger partial charge is 0.0810 e. The molecular formula is C17H35NO. The van der Waals surface area contributed by atoms with Crippen molar-refractivity contribution < 1.29 is 4.74 Å². The van der Waals surface area contributed by atoms with Crippen molar-refractivity contribution in [3.8, 4) is 0 Å². The van der Waals surface area contributed by atoms with Crippen LogP contribution >= 0.6 is 0 Å². The Morgan fingerprint density at radius 1 is 1.16 bits per heavy atom. The van der Waals surface area contributed by atoms with Crippen LogP contribution in [0.5, 0.6) is 0 Å². The molecule has 0 bridgehead atoms. The third kappa shape index (κ3) is 5.43. The summed E-state index contributed by atoms with van der Waals surface area (Å²) in [6.45, 7) is 13.3. The molecule has 0 amide bonds. The number of nitrogens with one attached hydrogen (secondary N) is 1. The van der Waals surface area contributed by atoms with Crippen molar-refractivity contribution in [3.05, 3.63) is 0 Å². The molecule has 0 aliphatic heterocycles. The van der Waals surface area contributed by atoms with Gasteiger partial charge in [0.25, 0.3) is 0 Å². The number of likely N-dealkylation sites (N-methyl/N-ethyl adjacent to an activating group) is 1. The van der Waals surface area contributed by atoms with Crippen molar-refractivity contribution in [2.45, 2.75) is 84.8 Å². The summed E-state index contributed by atoms with van der Waals surface area (Å²) in [5.41, 5.74) is 0.101. The van der Waals surface area contributed by atoms with Crippen LogP contribution in [0.15, 0.2) is 0 Å². The summed E-state index contributed by atoms with van der Waals surface area (Å²) >= 11 is 0. The van der Waals surface area contributed by atoms with E-state index in [0.717, 1.165) is 19.0 Å². The van der Waals surface area contributed by atoms with E-state index < -0.39 is 0 Å². The van der Waals surface area contributed by atoms with Crippen LogP contribution in [-0.4, -0.2) is 24.8 Å². The summed E-state index contributed by atoms with van der Waals surface area (Å²) in [7, 11) is 0. The minimum Gasteiger partial charge on any atom is -0.370 e. The lowest BCUT2D eigenvalue weighted by Gasteiger charge is -2.43. The Hall–Kier alpha value is -0.0800. The van der Waals surface area contributed by atoms with Gasteiger partial charge in [0.1, 0.15) is 0 Å². The average Bonchev–Trinajstić information content (AvgIpc) is 2.39. The molecule has 0 saturated heterocycles. The van der Waals surface area contributed by atoms with Crippen molar-refractivity contribution in [1.82, 2.24) is 5.32 Å². The van der Waals surface area contributed by atoms with E-state index in [-0.39, 0.29) is 5.60 Å². The largest absolute Gasteiger partial charge is 0.370 e. The van der Waals surface area contributed by atoms with Gasteiger partial charge >= 0.3 is 0 Å².